The highest BCUT2D eigenvalue weighted by molar-refractivity contribution is 5.78. The number of nitrogens with one attached hydrogen (secondary N) is 2. The van der Waals surface area contributed by atoms with Crippen LogP contribution >= 0.6 is 0 Å². The number of hydrogen-bond acceptors (Lipinski definition) is 4. The molecule has 0 aromatic carbocycles. The Kier molecular flexibility index (Phi) is 6.45. The summed E-state index contributed by atoms with van der Waals surface area (Å²) < 4.78 is 5.70. The van der Waals surface area contributed by atoms with Crippen LogP contribution in [0.2, 0.25) is 0 Å². The Labute approximate surface area is 125 Å². The number of piperidine rings is 1. The predicted octanol–water partition coefficient (Wildman–Crippen LogP) is 0.905. The van der Waals surface area contributed by atoms with Crippen molar-refractivity contribution in [1.29, 1.82) is 0 Å². The van der Waals surface area contributed by atoms with Crippen LogP contribution in [0.4, 0.5) is 0 Å². The molecule has 2 fully saturated rings. The lowest BCUT2D eigenvalue weighted by atomic mass is 9.84. The van der Waals surface area contributed by atoms with E-state index >= 15 is 0 Å². The topological polar surface area (TPSA) is 87.7 Å². The Morgan fingerprint density at radius 1 is 1.14 bits per heavy atom. The van der Waals surface area contributed by atoms with Crippen LogP contribution < -0.4 is 10.6 Å². The molecule has 2 rings (SSSR count). The Hall–Kier alpha value is -1.14. The van der Waals surface area contributed by atoms with Crippen molar-refractivity contribution in [3.8, 4) is 0 Å². The summed E-state index contributed by atoms with van der Waals surface area (Å²) in [5.74, 6) is -1.33. The maximum Gasteiger partial charge on any atom is 0.308 e. The molecular weight excluding hydrogens is 272 g/mol. The van der Waals surface area contributed by atoms with Gasteiger partial charge < -0.3 is 20.5 Å². The summed E-state index contributed by atoms with van der Waals surface area (Å²) >= 11 is 0. The molecule has 0 radical (unpaired) electrons. The summed E-state index contributed by atoms with van der Waals surface area (Å²) in [6, 6.07) is -0.220. The smallest absolute Gasteiger partial charge is 0.308 e. The molecule has 1 heterocycles. The van der Waals surface area contributed by atoms with E-state index in [1.165, 1.54) is 0 Å². The summed E-state index contributed by atoms with van der Waals surface area (Å²) in [4.78, 5) is 23.1. The number of carboxylic acid groups (broad SMARTS) is 1. The van der Waals surface area contributed by atoms with Gasteiger partial charge in [0.2, 0.25) is 5.91 Å². The van der Waals surface area contributed by atoms with Gasteiger partial charge >= 0.3 is 5.97 Å². The van der Waals surface area contributed by atoms with E-state index in [0.29, 0.717) is 19.4 Å². The van der Waals surface area contributed by atoms with Crippen molar-refractivity contribution >= 4 is 11.9 Å². The molecule has 1 amide bonds. The summed E-state index contributed by atoms with van der Waals surface area (Å²) in [6.45, 7) is 2.36. The van der Waals surface area contributed by atoms with E-state index in [2.05, 4.69) is 10.6 Å². The highest BCUT2D eigenvalue weighted by Crippen LogP contribution is 2.24. The molecule has 1 saturated heterocycles. The van der Waals surface area contributed by atoms with Gasteiger partial charge in [0.1, 0.15) is 0 Å². The van der Waals surface area contributed by atoms with Crippen LogP contribution in [0.5, 0.6) is 0 Å². The number of ether oxygens (including phenoxy) is 1. The van der Waals surface area contributed by atoms with Crippen molar-refractivity contribution in [2.45, 2.75) is 57.1 Å². The minimum absolute atomic E-state index is 0.0953. The SMILES string of the molecule is O=C(CCOC1CCNCC1)NC1CCCCC1C(=O)O. The van der Waals surface area contributed by atoms with Crippen molar-refractivity contribution in [1.82, 2.24) is 10.6 Å². The molecule has 2 aliphatic rings. The first kappa shape index (κ1) is 16.2. The van der Waals surface area contributed by atoms with Crippen LogP contribution in [-0.4, -0.2) is 48.8 Å². The predicted molar refractivity (Wildman–Crippen MR) is 78.0 cm³/mol. The molecule has 0 aromatic heterocycles. The van der Waals surface area contributed by atoms with E-state index in [4.69, 9.17) is 4.74 Å². The Bertz CT molecular complexity index is 356. The van der Waals surface area contributed by atoms with E-state index < -0.39 is 11.9 Å². The number of aliphatic carboxylic acids is 1. The van der Waals surface area contributed by atoms with Crippen LogP contribution in [0.25, 0.3) is 0 Å². The summed E-state index contributed by atoms with van der Waals surface area (Å²) in [5, 5.41) is 15.3. The quantitative estimate of drug-likeness (QED) is 0.678. The first-order chi connectivity index (χ1) is 10.2. The zero-order valence-corrected chi connectivity index (χ0v) is 12.5. The van der Waals surface area contributed by atoms with Crippen LogP contribution in [-0.2, 0) is 14.3 Å². The highest BCUT2D eigenvalue weighted by Gasteiger charge is 2.31. The average molecular weight is 298 g/mol. The highest BCUT2D eigenvalue weighted by atomic mass is 16.5. The van der Waals surface area contributed by atoms with Gasteiger partial charge in [0, 0.05) is 12.5 Å². The van der Waals surface area contributed by atoms with E-state index in [0.717, 1.165) is 45.2 Å². The third-order valence-corrected chi connectivity index (χ3v) is 4.40. The van der Waals surface area contributed by atoms with Crippen LogP contribution in [0, 0.1) is 5.92 Å². The molecule has 0 spiro atoms. The molecule has 1 aliphatic carbocycles. The summed E-state index contributed by atoms with van der Waals surface area (Å²) in [7, 11) is 0. The van der Waals surface area contributed by atoms with Gasteiger partial charge in [-0.2, -0.15) is 0 Å². The molecule has 3 N–H and O–H groups in total. The summed E-state index contributed by atoms with van der Waals surface area (Å²) in [6.07, 6.45) is 5.88. The van der Waals surface area contributed by atoms with Gasteiger partial charge in [-0.1, -0.05) is 12.8 Å². The number of amides is 1. The average Bonchev–Trinajstić information content (AvgIpc) is 2.48. The first-order valence-corrected chi connectivity index (χ1v) is 8.01. The zero-order valence-electron chi connectivity index (χ0n) is 12.5. The summed E-state index contributed by atoms with van der Waals surface area (Å²) in [5.41, 5.74) is 0. The molecule has 0 aromatic rings. The van der Waals surface area contributed by atoms with E-state index in [-0.39, 0.29) is 18.1 Å². The van der Waals surface area contributed by atoms with Gasteiger partial charge in [-0.3, -0.25) is 9.59 Å². The fraction of sp³-hybridized carbons (Fsp3) is 0.867. The molecular formula is C15H26N2O4. The maximum absolute atomic E-state index is 11.9. The van der Waals surface area contributed by atoms with Gasteiger partial charge in [0.25, 0.3) is 0 Å². The fourth-order valence-electron chi connectivity index (χ4n) is 3.16. The van der Waals surface area contributed by atoms with Crippen molar-refractivity contribution in [3.05, 3.63) is 0 Å². The Morgan fingerprint density at radius 2 is 1.86 bits per heavy atom. The number of carbonyl (C=O) groups excluding carboxylic acids is 1. The molecule has 2 atom stereocenters. The molecule has 1 aliphatic heterocycles. The third kappa shape index (κ3) is 5.28. The van der Waals surface area contributed by atoms with Crippen LogP contribution in [0.1, 0.15) is 44.9 Å². The van der Waals surface area contributed by atoms with Gasteiger partial charge in [-0.05, 0) is 38.8 Å². The van der Waals surface area contributed by atoms with Gasteiger partial charge in [-0.25, -0.2) is 0 Å². The standard InChI is InChI=1S/C15H26N2O4/c18-14(7-10-21-11-5-8-16-9-6-11)17-13-4-2-1-3-12(13)15(19)20/h11-13,16H,1-10H2,(H,17,18)(H,19,20). The normalized spacial score (nSPS) is 27.2. The second-order valence-electron chi connectivity index (χ2n) is 5.97. The minimum atomic E-state index is -0.800. The van der Waals surface area contributed by atoms with Crippen LogP contribution in [0.3, 0.4) is 0 Å². The van der Waals surface area contributed by atoms with E-state index in [1.807, 2.05) is 0 Å². The van der Waals surface area contributed by atoms with Crippen molar-refractivity contribution in [3.63, 3.8) is 0 Å². The molecule has 2 unspecified atom stereocenters. The van der Waals surface area contributed by atoms with E-state index in [1.54, 1.807) is 0 Å². The van der Waals surface area contributed by atoms with Crippen molar-refractivity contribution in [2.24, 2.45) is 5.92 Å². The zero-order chi connectivity index (χ0) is 15.1. The number of carboxylic acids is 1. The second kappa shape index (κ2) is 8.34. The molecule has 6 nitrogen and oxygen atoms in total. The first-order valence-electron chi connectivity index (χ1n) is 8.01. The lowest BCUT2D eigenvalue weighted by Crippen LogP contribution is -2.45. The van der Waals surface area contributed by atoms with Gasteiger partial charge in [0.05, 0.1) is 18.6 Å². The monoisotopic (exact) mass is 298 g/mol. The van der Waals surface area contributed by atoms with Gasteiger partial charge in [-0.15, -0.1) is 0 Å². The van der Waals surface area contributed by atoms with Crippen molar-refractivity contribution < 1.29 is 19.4 Å². The fourth-order valence-corrected chi connectivity index (χ4v) is 3.16. The van der Waals surface area contributed by atoms with Crippen molar-refractivity contribution in [2.75, 3.05) is 19.7 Å². The Morgan fingerprint density at radius 3 is 2.57 bits per heavy atom. The minimum Gasteiger partial charge on any atom is -0.481 e. The molecule has 1 saturated carbocycles. The largest absolute Gasteiger partial charge is 0.481 e. The number of rotatable bonds is 6. The number of carbonyl (C=O) groups is 2. The maximum atomic E-state index is 11.9. The third-order valence-electron chi connectivity index (χ3n) is 4.40. The Balaban J connectivity index is 1.66. The molecule has 6 heteroatoms. The van der Waals surface area contributed by atoms with E-state index in [9.17, 15) is 14.7 Å². The molecule has 0 bridgehead atoms. The molecule has 21 heavy (non-hydrogen) atoms. The number of hydrogen-bond donors (Lipinski definition) is 3. The lowest BCUT2D eigenvalue weighted by Gasteiger charge is -2.29. The molecule has 120 valence electrons. The second-order valence-corrected chi connectivity index (χ2v) is 5.97. The lowest BCUT2D eigenvalue weighted by molar-refractivity contribution is -0.144. The van der Waals surface area contributed by atoms with Gasteiger partial charge in [0.15, 0.2) is 0 Å². The van der Waals surface area contributed by atoms with Crippen LogP contribution in [0.15, 0.2) is 0 Å².